The zero-order chi connectivity index (χ0) is 15.0. The molecule has 0 radical (unpaired) electrons. The van der Waals surface area contributed by atoms with E-state index in [2.05, 4.69) is 0 Å². The average Bonchev–Trinajstić information content (AvgIpc) is 2.40. The molecule has 1 atom stereocenters. The fourth-order valence-corrected chi connectivity index (χ4v) is 1.98. The first-order valence-electron chi connectivity index (χ1n) is 6.89. The van der Waals surface area contributed by atoms with Crippen LogP contribution in [0.4, 0.5) is 0 Å². The van der Waals surface area contributed by atoms with Crippen molar-refractivity contribution in [3.05, 3.63) is 29.3 Å². The summed E-state index contributed by atoms with van der Waals surface area (Å²) in [5, 5.41) is 27.8. The first-order valence-corrected chi connectivity index (χ1v) is 6.89. The Balaban J connectivity index is 2.45. The van der Waals surface area contributed by atoms with Gasteiger partial charge in [0, 0.05) is 19.6 Å². The lowest BCUT2D eigenvalue weighted by molar-refractivity contribution is 0.0550. The van der Waals surface area contributed by atoms with E-state index in [1.54, 1.807) is 4.90 Å². The number of aliphatic hydroxyl groups excluding tert-OH is 3. The highest BCUT2D eigenvalue weighted by atomic mass is 16.5. The minimum Gasteiger partial charge on any atom is -0.491 e. The zero-order valence-electron chi connectivity index (χ0n) is 12.2. The first kappa shape index (κ1) is 16.9. The molecule has 3 N–H and O–H groups in total. The van der Waals surface area contributed by atoms with Gasteiger partial charge in [-0.2, -0.15) is 0 Å². The van der Waals surface area contributed by atoms with Crippen LogP contribution in [0.3, 0.4) is 0 Å². The summed E-state index contributed by atoms with van der Waals surface area (Å²) in [4.78, 5) is 1.80. The van der Waals surface area contributed by atoms with Crippen molar-refractivity contribution in [3.8, 4) is 5.75 Å². The minimum atomic E-state index is -0.659. The Kier molecular flexibility index (Phi) is 7.54. The summed E-state index contributed by atoms with van der Waals surface area (Å²) in [6.07, 6.45) is -0.659. The van der Waals surface area contributed by atoms with E-state index < -0.39 is 6.10 Å². The van der Waals surface area contributed by atoms with Crippen LogP contribution in [0.25, 0.3) is 0 Å². The number of aryl methyl sites for hydroxylation is 2. The molecule has 0 aliphatic carbocycles. The van der Waals surface area contributed by atoms with Gasteiger partial charge >= 0.3 is 0 Å². The lowest BCUT2D eigenvalue weighted by Crippen LogP contribution is -2.38. The van der Waals surface area contributed by atoms with Gasteiger partial charge in [-0.05, 0) is 31.0 Å². The maximum atomic E-state index is 9.96. The number of aliphatic hydroxyl groups is 3. The predicted molar refractivity (Wildman–Crippen MR) is 78.0 cm³/mol. The number of nitrogens with zero attached hydrogens (tertiary/aromatic N) is 1. The molecule has 0 fully saturated rings. The van der Waals surface area contributed by atoms with Gasteiger partial charge in [0.2, 0.25) is 0 Å². The van der Waals surface area contributed by atoms with Crippen molar-refractivity contribution in [1.29, 1.82) is 0 Å². The van der Waals surface area contributed by atoms with E-state index in [1.165, 1.54) is 0 Å². The predicted octanol–water partition coefficient (Wildman–Crippen LogP) is 0.330. The highest BCUT2D eigenvalue weighted by Crippen LogP contribution is 2.19. The Hall–Kier alpha value is -1.14. The van der Waals surface area contributed by atoms with E-state index in [1.807, 2.05) is 32.0 Å². The molecule has 0 aliphatic heterocycles. The van der Waals surface area contributed by atoms with Crippen LogP contribution in [0, 0.1) is 13.8 Å². The van der Waals surface area contributed by atoms with E-state index in [4.69, 9.17) is 14.9 Å². The molecule has 1 rings (SSSR count). The topological polar surface area (TPSA) is 73.2 Å². The standard InChI is InChI=1S/C15H25NO4/c1-12-3-4-13(2)15(9-12)20-11-14(19)10-16(5-7-17)6-8-18/h3-4,9,14,17-19H,5-8,10-11H2,1-2H3. The van der Waals surface area contributed by atoms with Crippen molar-refractivity contribution in [2.45, 2.75) is 20.0 Å². The molecule has 1 unspecified atom stereocenters. The van der Waals surface area contributed by atoms with Gasteiger partial charge in [0.1, 0.15) is 18.5 Å². The molecular formula is C15H25NO4. The van der Waals surface area contributed by atoms with Crippen molar-refractivity contribution in [3.63, 3.8) is 0 Å². The summed E-state index contributed by atoms with van der Waals surface area (Å²) >= 11 is 0. The van der Waals surface area contributed by atoms with E-state index in [0.717, 1.165) is 16.9 Å². The van der Waals surface area contributed by atoms with Gasteiger partial charge < -0.3 is 20.1 Å². The Morgan fingerprint density at radius 2 is 1.80 bits per heavy atom. The lowest BCUT2D eigenvalue weighted by Gasteiger charge is -2.23. The fourth-order valence-electron chi connectivity index (χ4n) is 1.98. The molecule has 1 aromatic carbocycles. The van der Waals surface area contributed by atoms with Gasteiger partial charge in [0.25, 0.3) is 0 Å². The summed E-state index contributed by atoms with van der Waals surface area (Å²) in [6, 6.07) is 5.95. The molecule has 0 heterocycles. The van der Waals surface area contributed by atoms with Gasteiger partial charge in [-0.1, -0.05) is 12.1 Å². The van der Waals surface area contributed by atoms with Crippen LogP contribution in [0.1, 0.15) is 11.1 Å². The van der Waals surface area contributed by atoms with Crippen LogP contribution in [0.15, 0.2) is 18.2 Å². The van der Waals surface area contributed by atoms with Crippen molar-refractivity contribution >= 4 is 0 Å². The van der Waals surface area contributed by atoms with Crippen LogP contribution >= 0.6 is 0 Å². The molecule has 20 heavy (non-hydrogen) atoms. The summed E-state index contributed by atoms with van der Waals surface area (Å²) in [6.45, 7) is 5.39. The Labute approximate surface area is 120 Å². The Bertz CT molecular complexity index is 391. The van der Waals surface area contributed by atoms with Crippen LogP contribution in [-0.4, -0.2) is 65.8 Å². The molecule has 0 aromatic heterocycles. The molecule has 5 heteroatoms. The van der Waals surface area contributed by atoms with Crippen LogP contribution in [0.2, 0.25) is 0 Å². The van der Waals surface area contributed by atoms with E-state index in [0.29, 0.717) is 19.6 Å². The molecule has 1 aromatic rings. The minimum absolute atomic E-state index is 0.00453. The smallest absolute Gasteiger partial charge is 0.122 e. The molecule has 114 valence electrons. The number of benzene rings is 1. The second-order valence-corrected chi connectivity index (χ2v) is 4.98. The molecular weight excluding hydrogens is 258 g/mol. The number of hydrogen-bond donors (Lipinski definition) is 3. The third-order valence-electron chi connectivity index (χ3n) is 3.08. The molecule has 0 aliphatic rings. The van der Waals surface area contributed by atoms with Crippen LogP contribution < -0.4 is 4.74 Å². The maximum absolute atomic E-state index is 9.96. The molecule has 0 amide bonds. The highest BCUT2D eigenvalue weighted by Gasteiger charge is 2.12. The van der Waals surface area contributed by atoms with Gasteiger partial charge in [0.05, 0.1) is 13.2 Å². The second-order valence-electron chi connectivity index (χ2n) is 4.98. The molecule has 0 saturated carbocycles. The van der Waals surface area contributed by atoms with Gasteiger partial charge in [-0.25, -0.2) is 0 Å². The monoisotopic (exact) mass is 283 g/mol. The Morgan fingerprint density at radius 3 is 2.40 bits per heavy atom. The number of ether oxygens (including phenoxy) is 1. The van der Waals surface area contributed by atoms with E-state index in [9.17, 15) is 5.11 Å². The average molecular weight is 283 g/mol. The highest BCUT2D eigenvalue weighted by molar-refractivity contribution is 5.35. The molecule has 0 saturated heterocycles. The molecule has 0 bridgehead atoms. The largest absolute Gasteiger partial charge is 0.491 e. The van der Waals surface area contributed by atoms with Crippen molar-refractivity contribution in [2.75, 3.05) is 39.5 Å². The molecule has 0 spiro atoms. The van der Waals surface area contributed by atoms with E-state index in [-0.39, 0.29) is 19.8 Å². The normalized spacial score (nSPS) is 12.7. The number of hydrogen-bond acceptors (Lipinski definition) is 5. The van der Waals surface area contributed by atoms with E-state index >= 15 is 0 Å². The van der Waals surface area contributed by atoms with Crippen molar-refractivity contribution < 1.29 is 20.1 Å². The third kappa shape index (κ3) is 5.88. The Morgan fingerprint density at radius 1 is 1.15 bits per heavy atom. The van der Waals surface area contributed by atoms with Crippen LogP contribution in [0.5, 0.6) is 5.75 Å². The first-order chi connectivity index (χ1) is 9.56. The molecule has 5 nitrogen and oxygen atoms in total. The summed E-state index contributed by atoms with van der Waals surface area (Å²) in [5.41, 5.74) is 2.15. The summed E-state index contributed by atoms with van der Waals surface area (Å²) < 4.78 is 5.63. The van der Waals surface area contributed by atoms with Gasteiger partial charge in [-0.3, -0.25) is 4.90 Å². The van der Waals surface area contributed by atoms with Gasteiger partial charge in [-0.15, -0.1) is 0 Å². The van der Waals surface area contributed by atoms with Crippen molar-refractivity contribution in [1.82, 2.24) is 4.90 Å². The summed E-state index contributed by atoms with van der Waals surface area (Å²) in [7, 11) is 0. The second kappa shape index (κ2) is 8.92. The van der Waals surface area contributed by atoms with Gasteiger partial charge in [0.15, 0.2) is 0 Å². The summed E-state index contributed by atoms with van der Waals surface area (Å²) in [5.74, 6) is 0.778. The fraction of sp³-hybridized carbons (Fsp3) is 0.600. The zero-order valence-corrected chi connectivity index (χ0v) is 12.2. The van der Waals surface area contributed by atoms with Crippen molar-refractivity contribution in [2.24, 2.45) is 0 Å². The number of rotatable bonds is 9. The quantitative estimate of drug-likeness (QED) is 0.609. The third-order valence-corrected chi connectivity index (χ3v) is 3.08. The van der Waals surface area contributed by atoms with Crippen LogP contribution in [-0.2, 0) is 0 Å². The SMILES string of the molecule is Cc1ccc(C)c(OCC(O)CN(CCO)CCO)c1. The lowest BCUT2D eigenvalue weighted by atomic mass is 10.1. The maximum Gasteiger partial charge on any atom is 0.122 e.